The van der Waals surface area contributed by atoms with Crippen LogP contribution in [0.1, 0.15) is 55.8 Å². The highest BCUT2D eigenvalue weighted by Crippen LogP contribution is 2.34. The minimum atomic E-state index is 0.513. The van der Waals surface area contributed by atoms with Crippen molar-refractivity contribution in [2.45, 2.75) is 58.5 Å². The summed E-state index contributed by atoms with van der Waals surface area (Å²) >= 11 is 1.95. The Labute approximate surface area is 103 Å². The first-order valence-corrected chi connectivity index (χ1v) is 7.35. The molecule has 90 valence electrons. The summed E-state index contributed by atoms with van der Waals surface area (Å²) < 4.78 is 0. The summed E-state index contributed by atoms with van der Waals surface area (Å²) in [6.45, 7) is 6.83. The quantitative estimate of drug-likeness (QED) is 0.783. The molecule has 0 spiro atoms. The van der Waals surface area contributed by atoms with Crippen LogP contribution in [0.2, 0.25) is 0 Å². The number of rotatable bonds is 6. The maximum Gasteiger partial charge on any atom is 0.0388 e. The molecule has 1 aliphatic rings. The Kier molecular flexibility index (Phi) is 4.04. The molecule has 0 aromatic carbocycles. The highest BCUT2D eigenvalue weighted by Gasteiger charge is 2.24. The van der Waals surface area contributed by atoms with E-state index in [9.17, 15) is 0 Å². The molecule has 1 nitrogen and oxygen atoms in total. The molecule has 0 radical (unpaired) electrons. The Bertz CT molecular complexity index is 327. The van der Waals surface area contributed by atoms with Gasteiger partial charge in [-0.05, 0) is 44.7 Å². The van der Waals surface area contributed by atoms with Crippen LogP contribution in [0.5, 0.6) is 0 Å². The van der Waals surface area contributed by atoms with E-state index in [0.717, 1.165) is 12.3 Å². The average molecular weight is 237 g/mol. The third-order valence-corrected chi connectivity index (χ3v) is 4.79. The van der Waals surface area contributed by atoms with Crippen molar-refractivity contribution in [2.75, 3.05) is 0 Å². The molecule has 1 aromatic rings. The average Bonchev–Trinajstić information content (AvgIpc) is 2.93. The van der Waals surface area contributed by atoms with Gasteiger partial charge in [0.25, 0.3) is 0 Å². The molecule has 2 heteroatoms. The van der Waals surface area contributed by atoms with E-state index in [4.69, 9.17) is 0 Å². The van der Waals surface area contributed by atoms with E-state index >= 15 is 0 Å². The van der Waals surface area contributed by atoms with Gasteiger partial charge in [0.15, 0.2) is 0 Å². The Hall–Kier alpha value is -0.340. The van der Waals surface area contributed by atoms with E-state index < -0.39 is 0 Å². The second-order valence-electron chi connectivity index (χ2n) is 5.13. The summed E-state index contributed by atoms with van der Waals surface area (Å²) in [7, 11) is 0. The smallest absolute Gasteiger partial charge is 0.0388 e. The first-order valence-electron chi connectivity index (χ1n) is 6.53. The van der Waals surface area contributed by atoms with Crippen LogP contribution < -0.4 is 5.32 Å². The van der Waals surface area contributed by atoms with Gasteiger partial charge in [-0.1, -0.05) is 19.8 Å². The molecule has 2 unspecified atom stereocenters. The fourth-order valence-electron chi connectivity index (χ4n) is 2.25. The summed E-state index contributed by atoms with van der Waals surface area (Å²) in [6.07, 6.45) is 5.43. The normalized spacial score (nSPS) is 19.7. The molecule has 1 N–H and O–H groups in total. The fourth-order valence-corrected chi connectivity index (χ4v) is 3.21. The van der Waals surface area contributed by atoms with Gasteiger partial charge in [-0.3, -0.25) is 0 Å². The van der Waals surface area contributed by atoms with Crippen molar-refractivity contribution in [2.24, 2.45) is 5.92 Å². The lowest BCUT2D eigenvalue weighted by atomic mass is 10.1. The number of hydrogen-bond donors (Lipinski definition) is 1. The maximum absolute atomic E-state index is 3.72. The van der Waals surface area contributed by atoms with E-state index in [-0.39, 0.29) is 0 Å². The van der Waals surface area contributed by atoms with Crippen LogP contribution >= 0.6 is 11.3 Å². The molecule has 0 saturated heterocycles. The lowest BCUT2D eigenvalue weighted by molar-refractivity contribution is 0.442. The van der Waals surface area contributed by atoms with Crippen molar-refractivity contribution in [1.29, 1.82) is 0 Å². The second kappa shape index (κ2) is 5.33. The molecule has 0 bridgehead atoms. The van der Waals surface area contributed by atoms with Crippen molar-refractivity contribution in [1.82, 2.24) is 5.32 Å². The van der Waals surface area contributed by atoms with E-state index in [1.807, 2.05) is 11.3 Å². The van der Waals surface area contributed by atoms with Crippen molar-refractivity contribution in [3.8, 4) is 0 Å². The molecule has 1 saturated carbocycles. The SMILES string of the molecule is CCc1ccc(C(C)NC(C)CC2CC2)s1. The molecular formula is C14H23NS. The number of nitrogens with one attached hydrogen (secondary N) is 1. The number of aryl methyl sites for hydroxylation is 1. The van der Waals surface area contributed by atoms with Crippen molar-refractivity contribution >= 4 is 11.3 Å². The zero-order valence-corrected chi connectivity index (χ0v) is 11.4. The summed E-state index contributed by atoms with van der Waals surface area (Å²) in [5.74, 6) is 1.02. The molecule has 1 fully saturated rings. The third-order valence-electron chi connectivity index (χ3n) is 3.38. The molecule has 2 rings (SSSR count). The summed E-state index contributed by atoms with van der Waals surface area (Å²) in [4.78, 5) is 2.98. The predicted octanol–water partition coefficient (Wildman–Crippen LogP) is 4.15. The Morgan fingerprint density at radius 1 is 1.38 bits per heavy atom. The molecule has 0 aliphatic heterocycles. The second-order valence-corrected chi connectivity index (χ2v) is 6.33. The Morgan fingerprint density at radius 3 is 2.69 bits per heavy atom. The van der Waals surface area contributed by atoms with Gasteiger partial charge in [0.05, 0.1) is 0 Å². The van der Waals surface area contributed by atoms with Crippen LogP contribution in [-0.2, 0) is 6.42 Å². The standard InChI is InChI=1S/C14H23NS/c1-4-13-7-8-14(16-13)11(3)15-10(2)9-12-5-6-12/h7-8,10-12,15H,4-6,9H2,1-3H3. The largest absolute Gasteiger partial charge is 0.307 e. The Balaban J connectivity index is 1.83. The highest BCUT2D eigenvalue weighted by atomic mass is 32.1. The lowest BCUT2D eigenvalue weighted by Gasteiger charge is -2.18. The molecule has 0 amide bonds. The van der Waals surface area contributed by atoms with Gasteiger partial charge in [0.1, 0.15) is 0 Å². The van der Waals surface area contributed by atoms with Crippen molar-refractivity contribution in [3.05, 3.63) is 21.9 Å². The molecule has 2 atom stereocenters. The summed E-state index contributed by atoms with van der Waals surface area (Å²) in [5.41, 5.74) is 0. The van der Waals surface area contributed by atoms with Crippen LogP contribution in [0.4, 0.5) is 0 Å². The van der Waals surface area contributed by atoms with Crippen molar-refractivity contribution in [3.63, 3.8) is 0 Å². The number of thiophene rings is 1. The molecule has 16 heavy (non-hydrogen) atoms. The minimum absolute atomic E-state index is 0.513. The molecule has 1 heterocycles. The van der Waals surface area contributed by atoms with Gasteiger partial charge in [-0.2, -0.15) is 0 Å². The van der Waals surface area contributed by atoms with Crippen LogP contribution in [0, 0.1) is 5.92 Å². The van der Waals surface area contributed by atoms with Gasteiger partial charge >= 0.3 is 0 Å². The van der Waals surface area contributed by atoms with E-state index in [1.54, 1.807) is 0 Å². The van der Waals surface area contributed by atoms with E-state index in [0.29, 0.717) is 12.1 Å². The maximum atomic E-state index is 3.72. The van der Waals surface area contributed by atoms with Gasteiger partial charge in [-0.25, -0.2) is 0 Å². The minimum Gasteiger partial charge on any atom is -0.307 e. The van der Waals surface area contributed by atoms with Gasteiger partial charge in [0, 0.05) is 21.8 Å². The third kappa shape index (κ3) is 3.33. The zero-order valence-electron chi connectivity index (χ0n) is 10.6. The highest BCUT2D eigenvalue weighted by molar-refractivity contribution is 7.12. The predicted molar refractivity (Wildman–Crippen MR) is 72.1 cm³/mol. The molecular weight excluding hydrogens is 214 g/mol. The van der Waals surface area contributed by atoms with E-state index in [2.05, 4.69) is 38.2 Å². The summed E-state index contributed by atoms with van der Waals surface area (Å²) in [6, 6.07) is 5.73. The first-order chi connectivity index (χ1) is 7.69. The summed E-state index contributed by atoms with van der Waals surface area (Å²) in [5, 5.41) is 3.72. The molecule has 1 aliphatic carbocycles. The van der Waals surface area contributed by atoms with Gasteiger partial charge in [-0.15, -0.1) is 11.3 Å². The zero-order chi connectivity index (χ0) is 11.5. The topological polar surface area (TPSA) is 12.0 Å². The van der Waals surface area contributed by atoms with Gasteiger partial charge < -0.3 is 5.32 Å². The fraction of sp³-hybridized carbons (Fsp3) is 0.714. The molecule has 1 aromatic heterocycles. The van der Waals surface area contributed by atoms with Gasteiger partial charge in [0.2, 0.25) is 0 Å². The lowest BCUT2D eigenvalue weighted by Crippen LogP contribution is -2.28. The van der Waals surface area contributed by atoms with Crippen LogP contribution in [0.15, 0.2) is 12.1 Å². The van der Waals surface area contributed by atoms with Crippen LogP contribution in [0.3, 0.4) is 0 Å². The van der Waals surface area contributed by atoms with Crippen LogP contribution in [0.25, 0.3) is 0 Å². The Morgan fingerprint density at radius 2 is 2.12 bits per heavy atom. The number of hydrogen-bond acceptors (Lipinski definition) is 2. The first kappa shape index (κ1) is 12.1. The van der Waals surface area contributed by atoms with E-state index in [1.165, 1.54) is 29.0 Å². The van der Waals surface area contributed by atoms with Crippen molar-refractivity contribution < 1.29 is 0 Å². The monoisotopic (exact) mass is 237 g/mol. The van der Waals surface area contributed by atoms with Crippen LogP contribution in [-0.4, -0.2) is 6.04 Å².